The maximum absolute atomic E-state index is 12.2. The minimum atomic E-state index is -2.31. The van der Waals surface area contributed by atoms with Gasteiger partial charge in [-0.05, 0) is 0 Å². The topological polar surface area (TPSA) is 59.0 Å². The maximum atomic E-state index is 12.2. The highest BCUT2D eigenvalue weighted by Crippen LogP contribution is 2.43. The van der Waals surface area contributed by atoms with E-state index >= 15 is 0 Å². The zero-order valence-electron chi connectivity index (χ0n) is 9.88. The van der Waals surface area contributed by atoms with Crippen molar-refractivity contribution in [2.45, 2.75) is 18.0 Å². The highest BCUT2D eigenvalue weighted by atomic mass is 35.6. The molecule has 0 bridgehead atoms. The van der Waals surface area contributed by atoms with E-state index in [-0.39, 0.29) is 11.6 Å². The van der Waals surface area contributed by atoms with E-state index in [0.717, 1.165) is 6.33 Å². The summed E-state index contributed by atoms with van der Waals surface area (Å²) in [5, 5.41) is 0. The normalized spacial score (nSPS) is 13.1. The summed E-state index contributed by atoms with van der Waals surface area (Å²) in [5.74, 6) is -1.15. The van der Waals surface area contributed by atoms with Crippen molar-refractivity contribution in [3.63, 3.8) is 0 Å². The predicted molar refractivity (Wildman–Crippen MR) is 90.2 cm³/mol. The maximum Gasteiger partial charge on any atom is 0.273 e. The Hall–Kier alpha value is 1.09. The number of nitrogens with zero attached hydrogens (tertiary/aromatic N) is 4. The van der Waals surface area contributed by atoms with Gasteiger partial charge >= 0.3 is 0 Å². The van der Waals surface area contributed by atoms with Gasteiger partial charge in [-0.25, -0.2) is 15.0 Å². The molecular formula is C8H3Cl9N4O. The third-order valence-electron chi connectivity index (χ3n) is 1.94. The standard InChI is InChI=1S/C8H3Cl9N4O/c9-6(10,11)5-19-2-18-3(20-5)1-4(22)21(7(12,13)14)8(15,16)17/h2H,1H2. The summed E-state index contributed by atoms with van der Waals surface area (Å²) in [4.78, 5) is 23.8. The quantitative estimate of drug-likeness (QED) is 0.445. The fourth-order valence-electron chi connectivity index (χ4n) is 1.19. The third-order valence-corrected chi connectivity index (χ3v) is 3.46. The van der Waals surface area contributed by atoms with E-state index < -0.39 is 24.0 Å². The number of carbonyl (C=O) groups is 1. The van der Waals surface area contributed by atoms with Gasteiger partial charge in [0.05, 0.1) is 6.42 Å². The molecule has 1 aromatic heterocycles. The lowest BCUT2D eigenvalue weighted by atomic mass is 10.3. The van der Waals surface area contributed by atoms with Gasteiger partial charge in [0.1, 0.15) is 12.2 Å². The molecule has 124 valence electrons. The molecule has 1 rings (SSSR count). The second-order valence-electron chi connectivity index (χ2n) is 3.56. The molecule has 0 saturated carbocycles. The first-order valence-corrected chi connectivity index (χ1v) is 8.35. The molecular weight excluding hydrogens is 487 g/mol. The van der Waals surface area contributed by atoms with Crippen LogP contribution in [0.25, 0.3) is 0 Å². The largest absolute Gasteiger partial charge is 0.274 e. The van der Waals surface area contributed by atoms with Crippen LogP contribution in [-0.2, 0) is 15.0 Å². The summed E-state index contributed by atoms with van der Waals surface area (Å²) in [6.07, 6.45) is 0.555. The Morgan fingerprint density at radius 2 is 1.45 bits per heavy atom. The smallest absolute Gasteiger partial charge is 0.273 e. The molecule has 0 unspecified atom stereocenters. The summed E-state index contributed by atoms with van der Waals surface area (Å²) < 4.78 is -6.52. The zero-order valence-corrected chi connectivity index (χ0v) is 16.7. The monoisotopic (exact) mass is 486 g/mol. The Kier molecular flexibility index (Phi) is 7.25. The van der Waals surface area contributed by atoms with Crippen molar-refractivity contribution in [3.8, 4) is 0 Å². The van der Waals surface area contributed by atoms with E-state index in [1.807, 2.05) is 0 Å². The first-order valence-electron chi connectivity index (χ1n) is 4.94. The van der Waals surface area contributed by atoms with Crippen LogP contribution in [-0.4, -0.2) is 33.6 Å². The average molecular weight is 490 g/mol. The van der Waals surface area contributed by atoms with Crippen LogP contribution in [0.1, 0.15) is 11.6 Å². The fourth-order valence-corrected chi connectivity index (χ4v) is 3.18. The summed E-state index contributed by atoms with van der Waals surface area (Å²) in [7, 11) is 0. The summed E-state index contributed by atoms with van der Waals surface area (Å²) >= 11 is 50.6. The van der Waals surface area contributed by atoms with E-state index in [1.165, 1.54) is 0 Å². The lowest BCUT2D eigenvalue weighted by Crippen LogP contribution is -2.49. The number of amides is 1. The third kappa shape index (κ3) is 6.19. The Morgan fingerprint density at radius 1 is 0.955 bits per heavy atom. The van der Waals surface area contributed by atoms with Gasteiger partial charge in [-0.1, -0.05) is 104 Å². The average Bonchev–Trinajstić information content (AvgIpc) is 2.23. The molecule has 0 saturated heterocycles. The summed E-state index contributed by atoms with van der Waals surface area (Å²) in [6, 6.07) is 0. The van der Waals surface area contributed by atoms with Crippen LogP contribution in [0.3, 0.4) is 0 Å². The van der Waals surface area contributed by atoms with Crippen LogP contribution >= 0.6 is 104 Å². The highest BCUT2D eigenvalue weighted by Gasteiger charge is 2.46. The van der Waals surface area contributed by atoms with Gasteiger partial charge in [0.2, 0.25) is 9.70 Å². The molecule has 0 atom stereocenters. The van der Waals surface area contributed by atoms with Crippen molar-refractivity contribution >= 4 is 110 Å². The summed E-state index contributed by atoms with van der Waals surface area (Å²) in [6.45, 7) is 0. The predicted octanol–water partition coefficient (Wildman–Crippen LogP) is 4.72. The van der Waals surface area contributed by atoms with Crippen LogP contribution in [0.5, 0.6) is 0 Å². The van der Waals surface area contributed by atoms with Crippen LogP contribution in [0.2, 0.25) is 0 Å². The van der Waals surface area contributed by atoms with Crippen LogP contribution in [0.4, 0.5) is 0 Å². The van der Waals surface area contributed by atoms with E-state index in [0.29, 0.717) is 4.90 Å². The van der Waals surface area contributed by atoms with Crippen molar-refractivity contribution in [3.05, 3.63) is 18.0 Å². The first kappa shape index (κ1) is 21.1. The Labute approximate surface area is 170 Å². The Balaban J connectivity index is 3.06. The number of halogens is 9. The van der Waals surface area contributed by atoms with Crippen molar-refractivity contribution in [2.24, 2.45) is 0 Å². The number of hydrogen-bond donors (Lipinski definition) is 0. The molecule has 0 aliphatic carbocycles. The van der Waals surface area contributed by atoms with Crippen LogP contribution in [0.15, 0.2) is 6.33 Å². The SMILES string of the molecule is O=C(Cc1ncnc(C(Cl)(Cl)Cl)n1)N(C(Cl)(Cl)Cl)C(Cl)(Cl)Cl. The molecule has 0 fully saturated rings. The second-order valence-corrected chi connectivity index (χ2v) is 10.3. The van der Waals surface area contributed by atoms with Gasteiger partial charge in [-0.3, -0.25) is 9.69 Å². The van der Waals surface area contributed by atoms with E-state index in [9.17, 15) is 4.79 Å². The molecule has 0 radical (unpaired) electrons. The molecule has 1 aromatic rings. The van der Waals surface area contributed by atoms with Crippen molar-refractivity contribution in [1.29, 1.82) is 0 Å². The van der Waals surface area contributed by atoms with Crippen molar-refractivity contribution in [2.75, 3.05) is 0 Å². The van der Waals surface area contributed by atoms with Gasteiger partial charge in [0.15, 0.2) is 5.82 Å². The van der Waals surface area contributed by atoms with Gasteiger partial charge < -0.3 is 0 Å². The Bertz CT molecular complexity index is 536. The number of rotatable bonds is 2. The molecule has 22 heavy (non-hydrogen) atoms. The van der Waals surface area contributed by atoms with Gasteiger partial charge in [0, 0.05) is 0 Å². The van der Waals surface area contributed by atoms with Crippen molar-refractivity contribution < 1.29 is 4.79 Å². The molecule has 1 amide bonds. The molecule has 1 heterocycles. The highest BCUT2D eigenvalue weighted by molar-refractivity contribution is 6.72. The molecule has 0 aliphatic heterocycles. The number of aromatic nitrogens is 3. The van der Waals surface area contributed by atoms with Gasteiger partial charge in [-0.15, -0.1) is 0 Å². The van der Waals surface area contributed by atoms with E-state index in [1.54, 1.807) is 0 Å². The lowest BCUT2D eigenvalue weighted by molar-refractivity contribution is -0.131. The van der Waals surface area contributed by atoms with Gasteiger partial charge in [-0.2, -0.15) is 0 Å². The molecule has 0 aromatic carbocycles. The number of carbonyl (C=O) groups excluding carboxylic acids is 1. The zero-order chi connectivity index (χ0) is 17.3. The van der Waals surface area contributed by atoms with Crippen molar-refractivity contribution in [1.82, 2.24) is 19.9 Å². The minimum Gasteiger partial charge on any atom is -0.274 e. The molecule has 14 heteroatoms. The fraction of sp³-hybridized carbons (Fsp3) is 0.500. The molecule has 5 nitrogen and oxygen atoms in total. The van der Waals surface area contributed by atoms with Gasteiger partial charge in [0.25, 0.3) is 7.83 Å². The lowest BCUT2D eigenvalue weighted by Gasteiger charge is -2.34. The van der Waals surface area contributed by atoms with Crippen LogP contribution in [0, 0.1) is 0 Å². The Morgan fingerprint density at radius 3 is 1.86 bits per heavy atom. The minimum absolute atomic E-state index is 0.0742. The molecule has 0 N–H and O–H groups in total. The van der Waals surface area contributed by atoms with Crippen LogP contribution < -0.4 is 0 Å². The number of hydrogen-bond acceptors (Lipinski definition) is 4. The van der Waals surface area contributed by atoms with E-state index in [2.05, 4.69) is 15.0 Å². The van der Waals surface area contributed by atoms with E-state index in [4.69, 9.17) is 104 Å². The first-order chi connectivity index (χ1) is 9.73. The second kappa shape index (κ2) is 7.54. The molecule has 0 aliphatic rings. The molecule has 0 spiro atoms. The summed E-state index contributed by atoms with van der Waals surface area (Å²) in [5.41, 5.74) is 0. The number of alkyl halides is 9.